The predicted octanol–water partition coefficient (Wildman–Crippen LogP) is 1.62. The highest BCUT2D eigenvalue weighted by molar-refractivity contribution is 9.11. The number of hydrogen-bond acceptors (Lipinski definition) is 5. The predicted molar refractivity (Wildman–Crippen MR) is 83.4 cm³/mol. The van der Waals surface area contributed by atoms with E-state index in [2.05, 4.69) is 32.6 Å². The lowest BCUT2D eigenvalue weighted by Crippen LogP contribution is -2.36. The van der Waals surface area contributed by atoms with Crippen LogP contribution < -0.4 is 4.72 Å². The normalized spacial score (nSPS) is 18.6. The molecule has 1 saturated heterocycles. The standard InChI is InChI=1S/C12H19BrN2O3S2/c1-15-4-2-9(3-5-15)7-14-20(17,18)11-6-10(8-16)19-12(11)13/h6,9,14,16H,2-5,7-8H2,1H3. The van der Waals surface area contributed by atoms with Gasteiger partial charge in [0.1, 0.15) is 4.90 Å². The summed E-state index contributed by atoms with van der Waals surface area (Å²) in [6.07, 6.45) is 2.04. The van der Waals surface area contributed by atoms with Crippen LogP contribution in [0, 0.1) is 5.92 Å². The Bertz CT molecular complexity index is 551. The van der Waals surface area contributed by atoms with Crippen molar-refractivity contribution in [2.24, 2.45) is 5.92 Å². The third kappa shape index (κ3) is 4.02. The molecule has 0 unspecified atom stereocenters. The van der Waals surface area contributed by atoms with Gasteiger partial charge in [0.2, 0.25) is 10.0 Å². The van der Waals surface area contributed by atoms with Crippen LogP contribution in [0.2, 0.25) is 0 Å². The minimum atomic E-state index is -3.50. The molecule has 0 aromatic carbocycles. The Balaban J connectivity index is 1.98. The molecule has 2 heterocycles. The maximum Gasteiger partial charge on any atom is 0.242 e. The van der Waals surface area contributed by atoms with E-state index in [0.29, 0.717) is 21.1 Å². The number of aliphatic hydroxyl groups is 1. The first-order valence-corrected chi connectivity index (χ1v) is 9.59. The molecule has 1 aliphatic heterocycles. The van der Waals surface area contributed by atoms with Crippen LogP contribution in [0.3, 0.4) is 0 Å². The Labute approximate surface area is 132 Å². The Hall–Kier alpha value is 0.01000. The van der Waals surface area contributed by atoms with Crippen molar-refractivity contribution in [3.05, 3.63) is 14.7 Å². The van der Waals surface area contributed by atoms with Crippen molar-refractivity contribution in [1.82, 2.24) is 9.62 Å². The summed E-state index contributed by atoms with van der Waals surface area (Å²) in [5.41, 5.74) is 0. The van der Waals surface area contributed by atoms with E-state index in [1.165, 1.54) is 17.4 Å². The number of thiophene rings is 1. The molecule has 0 radical (unpaired) electrons. The summed E-state index contributed by atoms with van der Waals surface area (Å²) in [6.45, 7) is 2.37. The van der Waals surface area contributed by atoms with Crippen molar-refractivity contribution >= 4 is 37.3 Å². The Morgan fingerprint density at radius 1 is 1.50 bits per heavy atom. The second-order valence-corrected chi connectivity index (χ2v) is 9.30. The van der Waals surface area contributed by atoms with Crippen LogP contribution in [0.1, 0.15) is 17.7 Å². The fourth-order valence-corrected chi connectivity index (χ4v) is 5.89. The number of halogens is 1. The van der Waals surface area contributed by atoms with E-state index in [0.717, 1.165) is 25.9 Å². The fourth-order valence-electron chi connectivity index (χ4n) is 2.23. The minimum absolute atomic E-state index is 0.145. The van der Waals surface area contributed by atoms with E-state index in [9.17, 15) is 8.42 Å². The molecular formula is C12H19BrN2O3S2. The summed E-state index contributed by atoms with van der Waals surface area (Å²) >= 11 is 4.49. The molecule has 1 aromatic rings. The highest BCUT2D eigenvalue weighted by Gasteiger charge is 2.23. The largest absolute Gasteiger partial charge is 0.391 e. The van der Waals surface area contributed by atoms with E-state index in [4.69, 9.17) is 5.11 Å². The number of hydrogen-bond donors (Lipinski definition) is 2. The molecule has 0 amide bonds. The van der Waals surface area contributed by atoms with Gasteiger partial charge >= 0.3 is 0 Å². The van der Waals surface area contributed by atoms with Gasteiger partial charge in [-0.1, -0.05) is 0 Å². The van der Waals surface area contributed by atoms with Gasteiger partial charge in [-0.05, 0) is 60.9 Å². The van der Waals surface area contributed by atoms with E-state index in [1.807, 2.05) is 0 Å². The van der Waals surface area contributed by atoms with Crippen LogP contribution in [0.5, 0.6) is 0 Å². The van der Waals surface area contributed by atoms with Crippen LogP contribution >= 0.6 is 27.3 Å². The monoisotopic (exact) mass is 382 g/mol. The van der Waals surface area contributed by atoms with Crippen molar-refractivity contribution < 1.29 is 13.5 Å². The van der Waals surface area contributed by atoms with E-state index in [-0.39, 0.29) is 11.5 Å². The van der Waals surface area contributed by atoms with E-state index in [1.54, 1.807) is 0 Å². The van der Waals surface area contributed by atoms with Crippen molar-refractivity contribution in [3.8, 4) is 0 Å². The lowest BCUT2D eigenvalue weighted by atomic mass is 9.98. The zero-order chi connectivity index (χ0) is 14.8. The Kier molecular flexibility index (Phi) is 5.61. The first-order valence-electron chi connectivity index (χ1n) is 6.49. The number of likely N-dealkylation sites (tertiary alicyclic amines) is 1. The van der Waals surface area contributed by atoms with Crippen molar-refractivity contribution in [2.45, 2.75) is 24.3 Å². The zero-order valence-corrected chi connectivity index (χ0v) is 14.5. The summed E-state index contributed by atoms with van der Waals surface area (Å²) in [5.74, 6) is 0.399. The van der Waals surface area contributed by atoms with Crippen LogP contribution in [0.4, 0.5) is 0 Å². The van der Waals surface area contributed by atoms with Gasteiger partial charge in [0.05, 0.1) is 10.4 Å². The Morgan fingerprint density at radius 2 is 2.15 bits per heavy atom. The van der Waals surface area contributed by atoms with E-state index < -0.39 is 10.0 Å². The van der Waals surface area contributed by atoms with Gasteiger partial charge in [-0.25, -0.2) is 13.1 Å². The van der Waals surface area contributed by atoms with Crippen LogP contribution in [0.15, 0.2) is 14.7 Å². The van der Waals surface area contributed by atoms with Crippen molar-refractivity contribution in [3.63, 3.8) is 0 Å². The Morgan fingerprint density at radius 3 is 2.70 bits per heavy atom. The number of piperidine rings is 1. The molecule has 20 heavy (non-hydrogen) atoms. The molecule has 1 aromatic heterocycles. The van der Waals surface area contributed by atoms with Gasteiger partial charge in [-0.15, -0.1) is 11.3 Å². The first-order chi connectivity index (χ1) is 9.42. The third-order valence-electron chi connectivity index (χ3n) is 3.55. The molecule has 8 heteroatoms. The molecule has 0 bridgehead atoms. The lowest BCUT2D eigenvalue weighted by Gasteiger charge is -2.28. The quantitative estimate of drug-likeness (QED) is 0.811. The minimum Gasteiger partial charge on any atom is -0.391 e. The summed E-state index contributed by atoms with van der Waals surface area (Å²) in [4.78, 5) is 3.12. The topological polar surface area (TPSA) is 69.6 Å². The molecule has 0 atom stereocenters. The highest BCUT2D eigenvalue weighted by atomic mass is 79.9. The molecule has 2 rings (SSSR count). The van der Waals surface area contributed by atoms with E-state index >= 15 is 0 Å². The number of aliphatic hydroxyl groups excluding tert-OH is 1. The molecule has 114 valence electrons. The number of rotatable bonds is 5. The molecule has 0 aliphatic carbocycles. The van der Waals surface area contributed by atoms with Gasteiger partial charge in [0.15, 0.2) is 0 Å². The average Bonchev–Trinajstić information content (AvgIpc) is 2.80. The summed E-state index contributed by atoms with van der Waals surface area (Å²) in [7, 11) is -1.42. The fraction of sp³-hybridized carbons (Fsp3) is 0.667. The molecule has 1 fully saturated rings. The molecule has 0 saturated carbocycles. The molecular weight excluding hydrogens is 364 g/mol. The lowest BCUT2D eigenvalue weighted by molar-refractivity contribution is 0.220. The summed E-state index contributed by atoms with van der Waals surface area (Å²) in [5, 5.41) is 9.07. The van der Waals surface area contributed by atoms with Gasteiger partial charge < -0.3 is 10.0 Å². The zero-order valence-electron chi connectivity index (χ0n) is 11.3. The maximum absolute atomic E-state index is 12.3. The molecule has 0 spiro atoms. The van der Waals surface area contributed by atoms with Crippen LogP contribution in [0.25, 0.3) is 0 Å². The SMILES string of the molecule is CN1CCC(CNS(=O)(=O)c2cc(CO)sc2Br)CC1. The second kappa shape index (κ2) is 6.85. The van der Waals surface area contributed by atoms with Crippen LogP contribution in [-0.4, -0.2) is 45.1 Å². The average molecular weight is 383 g/mol. The summed E-state index contributed by atoms with van der Waals surface area (Å²) in [6, 6.07) is 1.52. The number of sulfonamides is 1. The molecule has 5 nitrogen and oxygen atoms in total. The highest BCUT2D eigenvalue weighted by Crippen LogP contribution is 2.31. The second-order valence-electron chi connectivity index (χ2n) is 5.11. The maximum atomic E-state index is 12.3. The van der Waals surface area contributed by atoms with Gasteiger partial charge in [-0.2, -0.15) is 0 Å². The summed E-state index contributed by atoms with van der Waals surface area (Å²) < 4.78 is 27.8. The number of nitrogens with zero attached hydrogens (tertiary/aromatic N) is 1. The van der Waals surface area contributed by atoms with Gasteiger partial charge in [0.25, 0.3) is 0 Å². The van der Waals surface area contributed by atoms with Crippen LogP contribution in [-0.2, 0) is 16.6 Å². The third-order valence-corrected chi connectivity index (χ3v) is 7.21. The van der Waals surface area contributed by atoms with Crippen molar-refractivity contribution in [2.75, 3.05) is 26.7 Å². The van der Waals surface area contributed by atoms with Crippen molar-refractivity contribution in [1.29, 1.82) is 0 Å². The van der Waals surface area contributed by atoms with Gasteiger partial charge in [0, 0.05) is 11.4 Å². The smallest absolute Gasteiger partial charge is 0.242 e. The number of nitrogens with one attached hydrogen (secondary N) is 1. The first kappa shape index (κ1) is 16.4. The molecule has 1 aliphatic rings. The molecule has 2 N–H and O–H groups in total. The van der Waals surface area contributed by atoms with Gasteiger partial charge in [-0.3, -0.25) is 0 Å².